The third-order valence-electron chi connectivity index (χ3n) is 4.47. The van der Waals surface area contributed by atoms with E-state index in [9.17, 15) is 0 Å². The van der Waals surface area contributed by atoms with Gasteiger partial charge >= 0.3 is 0 Å². The summed E-state index contributed by atoms with van der Waals surface area (Å²) >= 11 is 0. The first-order valence-corrected chi connectivity index (χ1v) is 5.67. The highest BCUT2D eigenvalue weighted by Gasteiger charge is 2.47. The Labute approximate surface area is 82.3 Å². The molecule has 0 bridgehead atoms. The predicted molar refractivity (Wildman–Crippen MR) is 56.7 cm³/mol. The van der Waals surface area contributed by atoms with Crippen LogP contribution in [0.4, 0.5) is 0 Å². The van der Waals surface area contributed by atoms with Crippen LogP contribution in [0.5, 0.6) is 0 Å². The largest absolute Gasteiger partial charge is 0.313 e. The average Bonchev–Trinajstić information content (AvgIpc) is 2.88. The van der Waals surface area contributed by atoms with Crippen LogP contribution < -0.4 is 5.32 Å². The van der Waals surface area contributed by atoms with Crippen LogP contribution in [-0.4, -0.2) is 12.6 Å². The van der Waals surface area contributed by atoms with Crippen LogP contribution >= 0.6 is 0 Å². The first kappa shape index (κ1) is 9.51. The van der Waals surface area contributed by atoms with E-state index in [4.69, 9.17) is 0 Å². The van der Waals surface area contributed by atoms with E-state index in [1.165, 1.54) is 25.8 Å². The van der Waals surface area contributed by atoms with Crippen molar-refractivity contribution in [2.45, 2.75) is 53.0 Å². The highest BCUT2D eigenvalue weighted by molar-refractivity contribution is 5.00. The monoisotopic (exact) mass is 181 g/mol. The molecule has 13 heavy (non-hydrogen) atoms. The van der Waals surface area contributed by atoms with Crippen LogP contribution in [0.25, 0.3) is 0 Å². The Kier molecular flexibility index (Phi) is 1.99. The Balaban J connectivity index is 1.69. The van der Waals surface area contributed by atoms with Crippen LogP contribution in [-0.2, 0) is 0 Å². The number of hydrogen-bond donors (Lipinski definition) is 1. The smallest absolute Gasteiger partial charge is 0.00926 e. The highest BCUT2D eigenvalue weighted by atomic mass is 15.0. The first-order valence-electron chi connectivity index (χ1n) is 5.67. The molecule has 1 N–H and O–H groups in total. The van der Waals surface area contributed by atoms with E-state index >= 15 is 0 Å². The SMILES string of the molecule is CC(NCC1CC1(C)C)C1(C)CC1. The van der Waals surface area contributed by atoms with Crippen molar-refractivity contribution in [1.29, 1.82) is 0 Å². The minimum Gasteiger partial charge on any atom is -0.313 e. The second-order valence-corrected chi connectivity index (χ2v) is 6.17. The summed E-state index contributed by atoms with van der Waals surface area (Å²) in [5.41, 5.74) is 1.27. The highest BCUT2D eigenvalue weighted by Crippen LogP contribution is 2.52. The minimum atomic E-state index is 0.636. The zero-order valence-corrected chi connectivity index (χ0v) is 9.48. The molecule has 2 atom stereocenters. The third kappa shape index (κ3) is 1.90. The van der Waals surface area contributed by atoms with Crippen LogP contribution in [0.15, 0.2) is 0 Å². The Hall–Kier alpha value is -0.0400. The van der Waals surface area contributed by atoms with E-state index in [0.29, 0.717) is 10.8 Å². The molecule has 0 aromatic heterocycles. The van der Waals surface area contributed by atoms with Gasteiger partial charge in [-0.3, -0.25) is 0 Å². The van der Waals surface area contributed by atoms with Gasteiger partial charge in [0.05, 0.1) is 0 Å². The summed E-state index contributed by atoms with van der Waals surface area (Å²) in [6, 6.07) is 0.726. The summed E-state index contributed by atoms with van der Waals surface area (Å²) in [6.45, 7) is 10.8. The van der Waals surface area contributed by atoms with Crippen LogP contribution in [0.2, 0.25) is 0 Å². The van der Waals surface area contributed by atoms with Gasteiger partial charge in [0.15, 0.2) is 0 Å². The van der Waals surface area contributed by atoms with Crippen molar-refractivity contribution >= 4 is 0 Å². The van der Waals surface area contributed by atoms with E-state index in [0.717, 1.165) is 12.0 Å². The minimum absolute atomic E-state index is 0.636. The van der Waals surface area contributed by atoms with Gasteiger partial charge in [-0.15, -0.1) is 0 Å². The van der Waals surface area contributed by atoms with Crippen molar-refractivity contribution in [2.75, 3.05) is 6.54 Å². The van der Waals surface area contributed by atoms with E-state index in [1.54, 1.807) is 0 Å². The topological polar surface area (TPSA) is 12.0 Å². The molecule has 2 unspecified atom stereocenters. The summed E-state index contributed by atoms with van der Waals surface area (Å²) in [6.07, 6.45) is 4.27. The molecule has 0 aromatic carbocycles. The molecule has 0 amide bonds. The van der Waals surface area contributed by atoms with Gasteiger partial charge in [0.1, 0.15) is 0 Å². The molecule has 2 rings (SSSR count). The van der Waals surface area contributed by atoms with Gasteiger partial charge in [-0.2, -0.15) is 0 Å². The van der Waals surface area contributed by atoms with Crippen molar-refractivity contribution in [3.63, 3.8) is 0 Å². The van der Waals surface area contributed by atoms with Crippen molar-refractivity contribution in [2.24, 2.45) is 16.7 Å². The zero-order valence-electron chi connectivity index (χ0n) is 9.48. The number of hydrogen-bond acceptors (Lipinski definition) is 1. The van der Waals surface area contributed by atoms with Crippen LogP contribution in [0.3, 0.4) is 0 Å². The molecule has 0 radical (unpaired) electrons. The van der Waals surface area contributed by atoms with E-state index in [1.807, 2.05) is 0 Å². The summed E-state index contributed by atoms with van der Waals surface area (Å²) in [7, 11) is 0. The van der Waals surface area contributed by atoms with Gasteiger partial charge in [0.25, 0.3) is 0 Å². The standard InChI is InChI=1S/C12H23N/c1-9(12(4)5-6-12)13-8-10-7-11(10,2)3/h9-10,13H,5-8H2,1-4H3. The second kappa shape index (κ2) is 2.73. The molecular formula is C12H23N. The Morgan fingerprint density at radius 1 is 1.31 bits per heavy atom. The van der Waals surface area contributed by atoms with E-state index in [2.05, 4.69) is 33.0 Å². The Morgan fingerprint density at radius 2 is 1.85 bits per heavy atom. The maximum absolute atomic E-state index is 3.70. The molecular weight excluding hydrogens is 158 g/mol. The molecule has 2 aliphatic rings. The van der Waals surface area contributed by atoms with Crippen molar-refractivity contribution in [3.05, 3.63) is 0 Å². The van der Waals surface area contributed by atoms with Gasteiger partial charge in [0.2, 0.25) is 0 Å². The van der Waals surface area contributed by atoms with Gasteiger partial charge < -0.3 is 5.32 Å². The molecule has 0 spiro atoms. The van der Waals surface area contributed by atoms with Crippen LogP contribution in [0, 0.1) is 16.7 Å². The van der Waals surface area contributed by atoms with Crippen molar-refractivity contribution in [1.82, 2.24) is 5.32 Å². The molecule has 0 aliphatic heterocycles. The molecule has 2 aliphatic carbocycles. The average molecular weight is 181 g/mol. The van der Waals surface area contributed by atoms with Crippen molar-refractivity contribution in [3.8, 4) is 0 Å². The number of rotatable bonds is 4. The molecule has 2 fully saturated rings. The van der Waals surface area contributed by atoms with Crippen LogP contribution in [0.1, 0.15) is 47.0 Å². The maximum Gasteiger partial charge on any atom is 0.00926 e. The zero-order chi connectivity index (χ0) is 9.69. The molecule has 76 valence electrons. The lowest BCUT2D eigenvalue weighted by molar-refractivity contribution is 0.365. The summed E-state index contributed by atoms with van der Waals surface area (Å²) in [4.78, 5) is 0. The lowest BCUT2D eigenvalue weighted by Crippen LogP contribution is -2.35. The molecule has 0 aromatic rings. The molecule has 0 saturated heterocycles. The normalized spacial score (nSPS) is 35.5. The van der Waals surface area contributed by atoms with Crippen molar-refractivity contribution < 1.29 is 0 Å². The lowest BCUT2D eigenvalue weighted by atomic mass is 10.0. The first-order chi connectivity index (χ1) is 5.94. The Morgan fingerprint density at radius 3 is 2.23 bits per heavy atom. The second-order valence-electron chi connectivity index (χ2n) is 6.17. The molecule has 2 saturated carbocycles. The quantitative estimate of drug-likeness (QED) is 0.703. The third-order valence-corrected chi connectivity index (χ3v) is 4.47. The van der Waals surface area contributed by atoms with Gasteiger partial charge in [-0.25, -0.2) is 0 Å². The molecule has 1 nitrogen and oxygen atoms in total. The molecule has 0 heterocycles. The predicted octanol–water partition coefficient (Wildman–Crippen LogP) is 2.81. The lowest BCUT2D eigenvalue weighted by Gasteiger charge is -2.20. The van der Waals surface area contributed by atoms with Gasteiger partial charge in [-0.05, 0) is 49.5 Å². The van der Waals surface area contributed by atoms with Gasteiger partial charge in [-0.1, -0.05) is 20.8 Å². The van der Waals surface area contributed by atoms with E-state index < -0.39 is 0 Å². The van der Waals surface area contributed by atoms with Gasteiger partial charge in [0, 0.05) is 6.04 Å². The fraction of sp³-hybridized carbons (Fsp3) is 1.00. The fourth-order valence-corrected chi connectivity index (χ4v) is 2.12. The summed E-state index contributed by atoms with van der Waals surface area (Å²) in [5, 5.41) is 3.70. The molecule has 1 heteroatoms. The fourth-order valence-electron chi connectivity index (χ4n) is 2.12. The maximum atomic E-state index is 3.70. The Bertz CT molecular complexity index is 203. The van der Waals surface area contributed by atoms with E-state index in [-0.39, 0.29) is 0 Å². The number of nitrogens with one attached hydrogen (secondary N) is 1. The summed E-state index contributed by atoms with van der Waals surface area (Å²) in [5.74, 6) is 0.942. The summed E-state index contributed by atoms with van der Waals surface area (Å²) < 4.78 is 0.